The number of nitrogens with zero attached hydrogens (tertiary/aromatic N) is 5. The van der Waals surface area contributed by atoms with Crippen molar-refractivity contribution >= 4 is 21.8 Å². The summed E-state index contributed by atoms with van der Waals surface area (Å²) < 4.78 is 4.65. The monoisotopic (exact) mass is 691 g/mol. The lowest BCUT2D eigenvalue weighted by Crippen LogP contribution is -2.08. The van der Waals surface area contributed by atoms with Gasteiger partial charge in [0.25, 0.3) is 0 Å². The minimum Gasteiger partial charge on any atom is -0.309 e. The summed E-state index contributed by atoms with van der Waals surface area (Å²) in [7, 11) is 0. The molecule has 0 aliphatic carbocycles. The first-order valence-electron chi connectivity index (χ1n) is 18.1. The van der Waals surface area contributed by atoms with E-state index < -0.39 is 0 Å². The zero-order valence-corrected chi connectivity index (χ0v) is 29.3. The largest absolute Gasteiger partial charge is 0.309 e. The van der Waals surface area contributed by atoms with E-state index in [4.69, 9.17) is 15.0 Å². The summed E-state index contributed by atoms with van der Waals surface area (Å²) >= 11 is 0. The maximum Gasteiger partial charge on any atom is 0.238 e. The van der Waals surface area contributed by atoms with Gasteiger partial charge in [-0.05, 0) is 35.4 Å². The van der Waals surface area contributed by atoms with Crippen LogP contribution in [0.4, 0.5) is 0 Å². The van der Waals surface area contributed by atoms with E-state index in [0.29, 0.717) is 17.6 Å². The average molecular weight is 692 g/mol. The van der Waals surface area contributed by atoms with Crippen molar-refractivity contribution in [1.82, 2.24) is 24.1 Å². The Balaban J connectivity index is 1.38. The number of para-hydroxylation sites is 3. The Morgan fingerprint density at radius 1 is 0.296 bits per heavy atom. The highest BCUT2D eigenvalue weighted by atomic mass is 15.2. The third-order valence-corrected chi connectivity index (χ3v) is 10.00. The topological polar surface area (TPSA) is 48.5 Å². The molecule has 0 saturated carbocycles. The van der Waals surface area contributed by atoms with Crippen molar-refractivity contribution in [1.29, 1.82) is 0 Å². The lowest BCUT2D eigenvalue weighted by molar-refractivity contribution is 0.938. The Labute approximate surface area is 313 Å². The molecule has 10 rings (SSSR count). The number of benzene rings is 7. The smallest absolute Gasteiger partial charge is 0.238 e. The molecule has 0 amide bonds. The molecular weight excluding hydrogens is 659 g/mol. The van der Waals surface area contributed by atoms with Crippen LogP contribution in [0.1, 0.15) is 0 Å². The van der Waals surface area contributed by atoms with Crippen LogP contribution in [0, 0.1) is 0 Å². The Kier molecular flexibility index (Phi) is 7.73. The van der Waals surface area contributed by atoms with Gasteiger partial charge in [0.05, 0.1) is 22.4 Å². The van der Waals surface area contributed by atoms with Gasteiger partial charge in [0.1, 0.15) is 0 Å². The van der Waals surface area contributed by atoms with Gasteiger partial charge < -0.3 is 4.57 Å². The quantitative estimate of drug-likeness (QED) is 0.167. The normalized spacial score (nSPS) is 11.3. The van der Waals surface area contributed by atoms with Crippen LogP contribution in [0.2, 0.25) is 0 Å². The third-order valence-electron chi connectivity index (χ3n) is 10.00. The van der Waals surface area contributed by atoms with Crippen LogP contribution in [0.3, 0.4) is 0 Å². The van der Waals surface area contributed by atoms with Crippen molar-refractivity contribution in [3.05, 3.63) is 200 Å². The Morgan fingerprint density at radius 2 is 0.648 bits per heavy atom. The number of hydrogen-bond donors (Lipinski definition) is 0. The Hall–Kier alpha value is -7.37. The molecule has 10 aromatic rings. The van der Waals surface area contributed by atoms with Gasteiger partial charge in [-0.1, -0.05) is 176 Å². The summed E-state index contributed by atoms with van der Waals surface area (Å²) in [6.45, 7) is 0. The minimum atomic E-state index is 0.553. The van der Waals surface area contributed by atoms with Crippen molar-refractivity contribution in [2.24, 2.45) is 0 Å². The number of hydrogen-bond acceptors (Lipinski definition) is 3. The summed E-state index contributed by atoms with van der Waals surface area (Å²) in [6, 6.07) is 69.7. The van der Waals surface area contributed by atoms with E-state index >= 15 is 0 Å². The van der Waals surface area contributed by atoms with Crippen LogP contribution in [-0.2, 0) is 0 Å². The summed E-state index contributed by atoms with van der Waals surface area (Å²) in [5, 5.41) is 2.26. The molecule has 0 radical (unpaired) electrons. The third kappa shape index (κ3) is 5.30. The van der Waals surface area contributed by atoms with Gasteiger partial charge in [0, 0.05) is 38.7 Å². The molecule has 0 saturated heterocycles. The fourth-order valence-electron chi connectivity index (χ4n) is 7.68. The van der Waals surface area contributed by atoms with Crippen LogP contribution in [0.5, 0.6) is 0 Å². The van der Waals surface area contributed by atoms with E-state index in [-0.39, 0.29) is 0 Å². The highest BCUT2D eigenvalue weighted by molar-refractivity contribution is 6.16. The maximum atomic E-state index is 5.27. The van der Waals surface area contributed by atoms with Crippen molar-refractivity contribution in [2.45, 2.75) is 0 Å². The summed E-state index contributed by atoms with van der Waals surface area (Å²) in [6.07, 6.45) is 0. The average Bonchev–Trinajstić information content (AvgIpc) is 3.78. The van der Waals surface area contributed by atoms with E-state index in [0.717, 1.165) is 72.3 Å². The fourth-order valence-corrected chi connectivity index (χ4v) is 7.68. The summed E-state index contributed by atoms with van der Waals surface area (Å²) in [4.78, 5) is 15.6. The highest BCUT2D eigenvalue weighted by Crippen LogP contribution is 2.50. The number of rotatable bonds is 7. The molecule has 0 fully saturated rings. The SMILES string of the molecule is c1ccc(-c2nc(-c3ccccc3)nc(-n3c(-c4ccccc4)c(-c4c(-c5ccccc5)n(-c5ccccc5)c5ccccc45)c4ccccc43)n2)cc1. The zero-order chi connectivity index (χ0) is 35.8. The first-order valence-corrected chi connectivity index (χ1v) is 18.1. The molecule has 5 nitrogen and oxygen atoms in total. The van der Waals surface area contributed by atoms with Crippen LogP contribution in [-0.4, -0.2) is 24.1 Å². The van der Waals surface area contributed by atoms with Gasteiger partial charge in [-0.15, -0.1) is 0 Å². The second-order valence-corrected chi connectivity index (χ2v) is 13.2. The predicted octanol–water partition coefficient (Wildman–Crippen LogP) is 12.1. The molecule has 254 valence electrons. The fraction of sp³-hybridized carbons (Fsp3) is 0. The van der Waals surface area contributed by atoms with Gasteiger partial charge in [0.15, 0.2) is 11.6 Å². The molecular formula is C49H33N5. The van der Waals surface area contributed by atoms with Gasteiger partial charge in [-0.25, -0.2) is 4.98 Å². The maximum absolute atomic E-state index is 5.27. The molecule has 0 aliphatic heterocycles. The minimum absolute atomic E-state index is 0.553. The standard InChI is InChI=1S/C49H33N5/c1-6-20-34(21-7-1)45-43(39-30-16-18-32-41(39)53(45)38-28-14-5-15-29-38)44-40-31-17-19-33-42(40)54(46(44)35-22-8-2-9-23-35)49-51-47(36-24-10-3-11-25-36)50-48(52-49)37-26-12-4-13-27-37/h1-33H. The summed E-state index contributed by atoms with van der Waals surface area (Å²) in [5.41, 5.74) is 11.7. The summed E-state index contributed by atoms with van der Waals surface area (Å²) in [5.74, 6) is 1.78. The lowest BCUT2D eigenvalue weighted by Gasteiger charge is -2.16. The van der Waals surface area contributed by atoms with Gasteiger partial charge >= 0.3 is 0 Å². The number of aromatic nitrogens is 5. The van der Waals surface area contributed by atoms with Gasteiger partial charge in [-0.2, -0.15) is 9.97 Å². The van der Waals surface area contributed by atoms with Crippen molar-refractivity contribution in [3.8, 4) is 68.1 Å². The van der Waals surface area contributed by atoms with Crippen molar-refractivity contribution in [3.63, 3.8) is 0 Å². The molecule has 0 spiro atoms. The van der Waals surface area contributed by atoms with Crippen molar-refractivity contribution < 1.29 is 0 Å². The van der Waals surface area contributed by atoms with E-state index in [1.54, 1.807) is 0 Å². The molecule has 5 heteroatoms. The molecule has 3 heterocycles. The second kappa shape index (κ2) is 13.3. The molecule has 54 heavy (non-hydrogen) atoms. The van der Waals surface area contributed by atoms with Crippen LogP contribution < -0.4 is 0 Å². The second-order valence-electron chi connectivity index (χ2n) is 13.2. The van der Waals surface area contributed by atoms with E-state index in [1.807, 2.05) is 36.4 Å². The molecule has 0 aliphatic rings. The van der Waals surface area contributed by atoms with E-state index in [2.05, 4.69) is 173 Å². The van der Waals surface area contributed by atoms with E-state index in [9.17, 15) is 0 Å². The lowest BCUT2D eigenvalue weighted by atomic mass is 9.93. The Bertz CT molecular complexity index is 2840. The zero-order valence-electron chi connectivity index (χ0n) is 29.3. The first-order chi connectivity index (χ1) is 26.8. The molecule has 7 aromatic carbocycles. The number of fused-ring (bicyclic) bond motifs is 2. The molecule has 0 atom stereocenters. The van der Waals surface area contributed by atoms with Crippen LogP contribution in [0.25, 0.3) is 89.9 Å². The van der Waals surface area contributed by atoms with Crippen LogP contribution >= 0.6 is 0 Å². The molecule has 3 aromatic heterocycles. The molecule has 0 bridgehead atoms. The van der Waals surface area contributed by atoms with Crippen molar-refractivity contribution in [2.75, 3.05) is 0 Å². The van der Waals surface area contributed by atoms with E-state index in [1.165, 1.54) is 0 Å². The first kappa shape index (κ1) is 31.4. The molecule has 0 unspecified atom stereocenters. The molecule has 0 N–H and O–H groups in total. The highest BCUT2D eigenvalue weighted by Gasteiger charge is 2.29. The van der Waals surface area contributed by atoms with Crippen LogP contribution in [0.15, 0.2) is 200 Å². The van der Waals surface area contributed by atoms with Gasteiger partial charge in [0.2, 0.25) is 5.95 Å². The predicted molar refractivity (Wildman–Crippen MR) is 221 cm³/mol. The van der Waals surface area contributed by atoms with Gasteiger partial charge in [-0.3, -0.25) is 4.57 Å². The Morgan fingerprint density at radius 3 is 1.11 bits per heavy atom.